The Kier molecular flexibility index (Phi) is 2.80. The SMILES string of the molecule is CNNC(=O)C1=CC=NCC1. The molecule has 11 heavy (non-hydrogen) atoms. The fourth-order valence-corrected chi connectivity index (χ4v) is 0.869. The van der Waals surface area contributed by atoms with Crippen molar-refractivity contribution in [2.45, 2.75) is 6.42 Å². The van der Waals surface area contributed by atoms with Gasteiger partial charge in [0.15, 0.2) is 0 Å². The molecule has 1 heterocycles. The average molecular weight is 153 g/mol. The van der Waals surface area contributed by atoms with Gasteiger partial charge in [0.05, 0.1) is 0 Å². The van der Waals surface area contributed by atoms with Crippen LogP contribution >= 0.6 is 0 Å². The van der Waals surface area contributed by atoms with E-state index >= 15 is 0 Å². The number of hydrogen-bond acceptors (Lipinski definition) is 3. The van der Waals surface area contributed by atoms with Crippen LogP contribution < -0.4 is 10.9 Å². The van der Waals surface area contributed by atoms with Crippen molar-refractivity contribution in [1.82, 2.24) is 10.9 Å². The highest BCUT2D eigenvalue weighted by molar-refractivity contribution is 5.97. The van der Waals surface area contributed by atoms with Gasteiger partial charge in [-0.2, -0.15) is 0 Å². The number of rotatable bonds is 2. The largest absolute Gasteiger partial charge is 0.293 e. The van der Waals surface area contributed by atoms with Crippen LogP contribution in [0.1, 0.15) is 6.42 Å². The first-order valence-corrected chi connectivity index (χ1v) is 3.50. The van der Waals surface area contributed by atoms with Gasteiger partial charge in [-0.25, -0.2) is 5.43 Å². The van der Waals surface area contributed by atoms with Crippen LogP contribution in [-0.4, -0.2) is 25.7 Å². The molecule has 0 radical (unpaired) electrons. The molecule has 0 spiro atoms. The van der Waals surface area contributed by atoms with E-state index in [0.717, 1.165) is 12.0 Å². The molecule has 2 N–H and O–H groups in total. The number of hydrazine groups is 1. The molecule has 0 aliphatic carbocycles. The van der Waals surface area contributed by atoms with Crippen LogP contribution in [0.3, 0.4) is 0 Å². The van der Waals surface area contributed by atoms with Gasteiger partial charge in [-0.05, 0) is 12.5 Å². The fourth-order valence-electron chi connectivity index (χ4n) is 0.869. The van der Waals surface area contributed by atoms with Crippen molar-refractivity contribution < 1.29 is 4.79 Å². The third-order valence-corrected chi connectivity index (χ3v) is 1.42. The molecule has 1 rings (SSSR count). The predicted molar refractivity (Wildman–Crippen MR) is 43.3 cm³/mol. The number of carbonyl (C=O) groups is 1. The van der Waals surface area contributed by atoms with Crippen LogP contribution in [0.4, 0.5) is 0 Å². The summed E-state index contributed by atoms with van der Waals surface area (Å²) in [6.07, 6.45) is 4.12. The Balaban J connectivity index is 2.52. The lowest BCUT2D eigenvalue weighted by Gasteiger charge is -2.07. The number of hydrogen-bond donors (Lipinski definition) is 2. The van der Waals surface area contributed by atoms with Gasteiger partial charge in [-0.15, -0.1) is 0 Å². The standard InChI is InChI=1S/C7H11N3O/c1-8-10-7(11)6-2-4-9-5-3-6/h2,4,8H,3,5H2,1H3,(H,10,11). The topological polar surface area (TPSA) is 53.5 Å². The van der Waals surface area contributed by atoms with E-state index in [4.69, 9.17) is 0 Å². The highest BCUT2D eigenvalue weighted by Gasteiger charge is 2.08. The molecule has 0 fully saturated rings. The molecule has 4 nitrogen and oxygen atoms in total. The van der Waals surface area contributed by atoms with E-state index in [1.54, 1.807) is 19.3 Å². The monoisotopic (exact) mass is 153 g/mol. The molecule has 4 heteroatoms. The minimum Gasteiger partial charge on any atom is -0.293 e. The number of dihydropyridines is 1. The Bertz CT molecular complexity index is 208. The summed E-state index contributed by atoms with van der Waals surface area (Å²) in [5, 5.41) is 0. The van der Waals surface area contributed by atoms with Gasteiger partial charge in [-0.1, -0.05) is 0 Å². The number of amides is 1. The Hall–Kier alpha value is -1.16. The lowest BCUT2D eigenvalue weighted by molar-refractivity contribution is -0.118. The van der Waals surface area contributed by atoms with E-state index in [2.05, 4.69) is 15.8 Å². The molecule has 1 amide bonds. The summed E-state index contributed by atoms with van der Waals surface area (Å²) in [5.74, 6) is -0.0707. The Labute approximate surface area is 65.4 Å². The lowest BCUT2D eigenvalue weighted by Crippen LogP contribution is -2.35. The van der Waals surface area contributed by atoms with Gasteiger partial charge in [0.2, 0.25) is 0 Å². The van der Waals surface area contributed by atoms with Gasteiger partial charge in [0, 0.05) is 25.4 Å². The third-order valence-electron chi connectivity index (χ3n) is 1.42. The van der Waals surface area contributed by atoms with Crippen molar-refractivity contribution in [3.8, 4) is 0 Å². The molecular formula is C7H11N3O. The summed E-state index contributed by atoms with van der Waals surface area (Å²) in [7, 11) is 1.66. The van der Waals surface area contributed by atoms with Crippen molar-refractivity contribution >= 4 is 12.1 Å². The molecule has 0 atom stereocenters. The molecular weight excluding hydrogens is 142 g/mol. The zero-order valence-electron chi connectivity index (χ0n) is 6.42. The Morgan fingerprint density at radius 1 is 1.73 bits per heavy atom. The molecule has 0 saturated heterocycles. The number of nitrogens with one attached hydrogen (secondary N) is 2. The normalized spacial score (nSPS) is 15.9. The average Bonchev–Trinajstić information content (AvgIpc) is 2.07. The van der Waals surface area contributed by atoms with E-state index in [9.17, 15) is 4.79 Å². The maximum Gasteiger partial charge on any atom is 0.261 e. The highest BCUT2D eigenvalue weighted by atomic mass is 16.2. The second kappa shape index (κ2) is 3.88. The fraction of sp³-hybridized carbons (Fsp3) is 0.429. The number of aliphatic imine (C=N–C) groups is 1. The summed E-state index contributed by atoms with van der Waals surface area (Å²) in [6, 6.07) is 0. The second-order valence-electron chi connectivity index (χ2n) is 2.20. The van der Waals surface area contributed by atoms with E-state index in [1.165, 1.54) is 0 Å². The molecule has 1 aliphatic heterocycles. The van der Waals surface area contributed by atoms with Crippen molar-refractivity contribution in [3.63, 3.8) is 0 Å². The van der Waals surface area contributed by atoms with Crippen molar-refractivity contribution in [2.75, 3.05) is 13.6 Å². The van der Waals surface area contributed by atoms with E-state index < -0.39 is 0 Å². The second-order valence-corrected chi connectivity index (χ2v) is 2.20. The van der Waals surface area contributed by atoms with Crippen LogP contribution in [-0.2, 0) is 4.79 Å². The molecule has 0 saturated carbocycles. The van der Waals surface area contributed by atoms with Crippen LogP contribution in [0, 0.1) is 0 Å². The number of allylic oxidation sites excluding steroid dienone is 1. The van der Waals surface area contributed by atoms with Crippen molar-refractivity contribution in [1.29, 1.82) is 0 Å². The Morgan fingerprint density at radius 2 is 2.55 bits per heavy atom. The summed E-state index contributed by atoms with van der Waals surface area (Å²) in [6.45, 7) is 0.711. The zero-order chi connectivity index (χ0) is 8.10. The molecule has 0 aromatic carbocycles. The molecule has 0 aromatic rings. The maximum absolute atomic E-state index is 11.1. The third kappa shape index (κ3) is 2.16. The Morgan fingerprint density at radius 3 is 3.09 bits per heavy atom. The first-order chi connectivity index (χ1) is 5.34. The number of nitrogens with zero attached hydrogens (tertiary/aromatic N) is 1. The summed E-state index contributed by atoms with van der Waals surface area (Å²) < 4.78 is 0. The van der Waals surface area contributed by atoms with Gasteiger partial charge in [-0.3, -0.25) is 15.2 Å². The van der Waals surface area contributed by atoms with Crippen molar-refractivity contribution in [2.24, 2.45) is 4.99 Å². The molecule has 60 valence electrons. The van der Waals surface area contributed by atoms with Crippen molar-refractivity contribution in [3.05, 3.63) is 11.6 Å². The maximum atomic E-state index is 11.1. The summed E-state index contributed by atoms with van der Waals surface area (Å²) in [5.41, 5.74) is 5.85. The molecule has 1 aliphatic rings. The first-order valence-electron chi connectivity index (χ1n) is 3.50. The van der Waals surface area contributed by atoms with Crippen LogP contribution in [0.2, 0.25) is 0 Å². The van der Waals surface area contributed by atoms with Gasteiger partial charge in [0.25, 0.3) is 5.91 Å². The summed E-state index contributed by atoms with van der Waals surface area (Å²) in [4.78, 5) is 15.1. The molecule has 0 bridgehead atoms. The van der Waals surface area contributed by atoms with E-state index in [-0.39, 0.29) is 5.91 Å². The molecule has 0 aromatic heterocycles. The minimum atomic E-state index is -0.0707. The van der Waals surface area contributed by atoms with Crippen LogP contribution in [0.5, 0.6) is 0 Å². The minimum absolute atomic E-state index is 0.0707. The van der Waals surface area contributed by atoms with E-state index in [0.29, 0.717) is 6.54 Å². The quantitative estimate of drug-likeness (QED) is 0.532. The highest BCUT2D eigenvalue weighted by Crippen LogP contribution is 2.03. The zero-order valence-corrected chi connectivity index (χ0v) is 6.42. The van der Waals surface area contributed by atoms with Gasteiger partial charge < -0.3 is 0 Å². The number of carbonyl (C=O) groups excluding carboxylic acids is 1. The lowest BCUT2D eigenvalue weighted by atomic mass is 10.1. The van der Waals surface area contributed by atoms with Crippen LogP contribution in [0.15, 0.2) is 16.6 Å². The smallest absolute Gasteiger partial charge is 0.261 e. The van der Waals surface area contributed by atoms with E-state index in [1.807, 2.05) is 0 Å². The van der Waals surface area contributed by atoms with Gasteiger partial charge in [0.1, 0.15) is 0 Å². The molecule has 0 unspecified atom stereocenters. The van der Waals surface area contributed by atoms with Gasteiger partial charge >= 0.3 is 0 Å². The summed E-state index contributed by atoms with van der Waals surface area (Å²) >= 11 is 0. The van der Waals surface area contributed by atoms with Crippen LogP contribution in [0.25, 0.3) is 0 Å². The predicted octanol–water partition coefficient (Wildman–Crippen LogP) is -0.362. The first kappa shape index (κ1) is 7.94.